The Kier molecular flexibility index (Phi) is 10.7. The summed E-state index contributed by atoms with van der Waals surface area (Å²) in [5, 5.41) is 0. The molecular formula is C36H47F5O. The lowest BCUT2D eigenvalue weighted by Crippen LogP contribution is -2.38. The van der Waals surface area contributed by atoms with Crippen molar-refractivity contribution in [2.24, 2.45) is 11.8 Å². The van der Waals surface area contributed by atoms with E-state index in [0.29, 0.717) is 68.4 Å². The first-order chi connectivity index (χ1) is 20.2. The van der Waals surface area contributed by atoms with Gasteiger partial charge in [0.15, 0.2) is 11.6 Å². The van der Waals surface area contributed by atoms with Crippen LogP contribution in [0, 0.1) is 29.3 Å². The van der Waals surface area contributed by atoms with Gasteiger partial charge in [-0.15, -0.1) is 0 Å². The van der Waals surface area contributed by atoms with Gasteiger partial charge in [-0.05, 0) is 136 Å². The molecule has 232 valence electrons. The standard InChI is InChI=1S/C36H47F5O/c1-2-3-4-5-24-6-8-25(9-7-24)28-14-20-32(34(38)22-28)27-10-16-30(17-11-27)36(40,41)42-31-18-12-26(13-19-31)29-15-21-33(37)35(39)23-29/h14-15,20-27,30-31H,2-13,16-19H2,1H3. The van der Waals surface area contributed by atoms with Crippen LogP contribution in [-0.4, -0.2) is 12.2 Å². The number of rotatable bonds is 10. The molecule has 0 atom stereocenters. The Morgan fingerprint density at radius 3 is 1.81 bits per heavy atom. The van der Waals surface area contributed by atoms with Gasteiger partial charge in [0.2, 0.25) is 0 Å². The lowest BCUT2D eigenvalue weighted by Gasteiger charge is -2.37. The lowest BCUT2D eigenvalue weighted by molar-refractivity contribution is -0.300. The molecule has 0 saturated heterocycles. The van der Waals surface area contributed by atoms with Gasteiger partial charge in [0.25, 0.3) is 0 Å². The van der Waals surface area contributed by atoms with Crippen LogP contribution in [0.2, 0.25) is 0 Å². The highest BCUT2D eigenvalue weighted by molar-refractivity contribution is 5.30. The van der Waals surface area contributed by atoms with Crippen LogP contribution in [0.25, 0.3) is 0 Å². The molecule has 3 saturated carbocycles. The number of benzene rings is 2. The normalized spacial score (nSPS) is 29.0. The average molecular weight is 591 g/mol. The van der Waals surface area contributed by atoms with Crippen LogP contribution in [0.1, 0.15) is 144 Å². The summed E-state index contributed by atoms with van der Waals surface area (Å²) in [6.45, 7) is 2.24. The molecule has 0 N–H and O–H groups in total. The van der Waals surface area contributed by atoms with Crippen LogP contribution in [-0.2, 0) is 4.74 Å². The zero-order chi connectivity index (χ0) is 29.7. The minimum absolute atomic E-state index is 0.0240. The molecule has 3 aliphatic carbocycles. The third kappa shape index (κ3) is 7.76. The van der Waals surface area contributed by atoms with E-state index in [4.69, 9.17) is 4.74 Å². The molecule has 42 heavy (non-hydrogen) atoms. The smallest absolute Gasteiger partial charge is 0.317 e. The van der Waals surface area contributed by atoms with Crippen molar-refractivity contribution in [3.8, 4) is 0 Å². The molecule has 0 amide bonds. The van der Waals surface area contributed by atoms with Crippen molar-refractivity contribution in [3.05, 3.63) is 70.5 Å². The van der Waals surface area contributed by atoms with Crippen molar-refractivity contribution >= 4 is 0 Å². The molecule has 1 nitrogen and oxygen atoms in total. The molecule has 6 heteroatoms. The van der Waals surface area contributed by atoms with Gasteiger partial charge in [0, 0.05) is 0 Å². The fourth-order valence-corrected chi connectivity index (χ4v) is 7.94. The van der Waals surface area contributed by atoms with E-state index >= 15 is 13.2 Å². The molecule has 3 aliphatic rings. The van der Waals surface area contributed by atoms with E-state index < -0.39 is 29.8 Å². The third-order valence-corrected chi connectivity index (χ3v) is 10.6. The monoisotopic (exact) mass is 590 g/mol. The zero-order valence-electron chi connectivity index (χ0n) is 25.0. The molecule has 0 aliphatic heterocycles. The summed E-state index contributed by atoms with van der Waals surface area (Å²) in [7, 11) is 0. The van der Waals surface area contributed by atoms with Crippen LogP contribution in [0.15, 0.2) is 36.4 Å². The van der Waals surface area contributed by atoms with E-state index in [1.54, 1.807) is 12.1 Å². The van der Waals surface area contributed by atoms with Gasteiger partial charge in [-0.25, -0.2) is 13.2 Å². The summed E-state index contributed by atoms with van der Waals surface area (Å²) in [5.74, 6) is -1.57. The van der Waals surface area contributed by atoms with Crippen molar-refractivity contribution in [1.82, 2.24) is 0 Å². The predicted molar refractivity (Wildman–Crippen MR) is 157 cm³/mol. The van der Waals surface area contributed by atoms with Crippen molar-refractivity contribution < 1.29 is 26.7 Å². The van der Waals surface area contributed by atoms with Gasteiger partial charge in [0.05, 0.1) is 12.0 Å². The highest BCUT2D eigenvalue weighted by atomic mass is 19.3. The maximum atomic E-state index is 15.3. The number of ether oxygens (including phenoxy) is 1. The predicted octanol–water partition coefficient (Wildman–Crippen LogP) is 11.6. The Bertz CT molecular complexity index is 1140. The molecular weight excluding hydrogens is 543 g/mol. The van der Waals surface area contributed by atoms with Crippen molar-refractivity contribution in [1.29, 1.82) is 0 Å². The highest BCUT2D eigenvalue weighted by Crippen LogP contribution is 2.46. The number of hydrogen-bond acceptors (Lipinski definition) is 1. The molecule has 0 radical (unpaired) electrons. The molecule has 0 spiro atoms. The second-order valence-electron chi connectivity index (χ2n) is 13.4. The van der Waals surface area contributed by atoms with Crippen molar-refractivity contribution in [3.63, 3.8) is 0 Å². The first-order valence-electron chi connectivity index (χ1n) is 16.5. The highest BCUT2D eigenvalue weighted by Gasteiger charge is 2.45. The minimum atomic E-state index is -3.22. The number of halogens is 5. The van der Waals surface area contributed by atoms with E-state index in [1.807, 2.05) is 6.07 Å². The minimum Gasteiger partial charge on any atom is -0.317 e. The van der Waals surface area contributed by atoms with E-state index in [1.165, 1.54) is 44.6 Å². The first-order valence-corrected chi connectivity index (χ1v) is 16.5. The molecule has 2 aromatic rings. The van der Waals surface area contributed by atoms with Gasteiger partial charge in [-0.2, -0.15) is 8.78 Å². The Morgan fingerprint density at radius 2 is 1.21 bits per heavy atom. The van der Waals surface area contributed by atoms with E-state index in [9.17, 15) is 8.78 Å². The van der Waals surface area contributed by atoms with Crippen LogP contribution in [0.5, 0.6) is 0 Å². The van der Waals surface area contributed by atoms with Crippen LogP contribution in [0.4, 0.5) is 22.0 Å². The van der Waals surface area contributed by atoms with E-state index in [-0.39, 0.29) is 17.7 Å². The molecule has 0 bridgehead atoms. The van der Waals surface area contributed by atoms with Crippen molar-refractivity contribution in [2.75, 3.05) is 0 Å². The quantitative estimate of drug-likeness (QED) is 0.198. The first kappa shape index (κ1) is 31.5. The maximum Gasteiger partial charge on any atom is 0.358 e. The summed E-state index contributed by atoms with van der Waals surface area (Å²) in [4.78, 5) is 0. The fourth-order valence-electron chi connectivity index (χ4n) is 7.94. The largest absolute Gasteiger partial charge is 0.358 e. The second-order valence-corrected chi connectivity index (χ2v) is 13.4. The fraction of sp³-hybridized carbons (Fsp3) is 0.667. The summed E-state index contributed by atoms with van der Waals surface area (Å²) in [5.41, 5.74) is 2.48. The molecule has 0 unspecified atom stereocenters. The average Bonchev–Trinajstić information content (AvgIpc) is 2.99. The van der Waals surface area contributed by atoms with Crippen LogP contribution in [0.3, 0.4) is 0 Å². The SMILES string of the molecule is CCCCCC1CCC(c2ccc(C3CCC(C(F)(F)OC4CCC(c5ccc(F)c(F)c5)CC4)CC3)c(F)c2)CC1. The molecule has 3 fully saturated rings. The molecule has 2 aromatic carbocycles. The van der Waals surface area contributed by atoms with Crippen LogP contribution < -0.4 is 0 Å². The summed E-state index contributed by atoms with van der Waals surface area (Å²) in [6.07, 6.45) is 9.98. The van der Waals surface area contributed by atoms with E-state index in [2.05, 4.69) is 13.0 Å². The Labute approximate surface area is 248 Å². The number of alkyl halides is 2. The van der Waals surface area contributed by atoms with Gasteiger partial charge in [0.1, 0.15) is 5.82 Å². The molecule has 0 heterocycles. The Hall–Kier alpha value is -1.95. The lowest BCUT2D eigenvalue weighted by atomic mass is 9.75. The van der Waals surface area contributed by atoms with Gasteiger partial charge >= 0.3 is 6.11 Å². The Balaban J connectivity index is 1.08. The summed E-state index contributed by atoms with van der Waals surface area (Å²) >= 11 is 0. The van der Waals surface area contributed by atoms with Crippen molar-refractivity contribution in [2.45, 2.75) is 140 Å². The van der Waals surface area contributed by atoms with Gasteiger partial charge in [-0.1, -0.05) is 50.8 Å². The molecule has 5 rings (SSSR count). The Morgan fingerprint density at radius 1 is 0.643 bits per heavy atom. The van der Waals surface area contributed by atoms with Gasteiger partial charge < -0.3 is 4.74 Å². The summed E-state index contributed by atoms with van der Waals surface area (Å²) in [6, 6.07) is 9.64. The summed E-state index contributed by atoms with van der Waals surface area (Å²) < 4.78 is 78.0. The van der Waals surface area contributed by atoms with Crippen LogP contribution >= 0.6 is 0 Å². The number of hydrogen-bond donors (Lipinski definition) is 0. The zero-order valence-corrected chi connectivity index (χ0v) is 25.0. The van der Waals surface area contributed by atoms with E-state index in [0.717, 1.165) is 30.4 Å². The third-order valence-electron chi connectivity index (χ3n) is 10.6. The molecule has 0 aromatic heterocycles. The van der Waals surface area contributed by atoms with Gasteiger partial charge in [-0.3, -0.25) is 0 Å². The second kappa shape index (κ2) is 14.2. The maximum absolute atomic E-state index is 15.3. The number of unbranched alkanes of at least 4 members (excludes halogenated alkanes) is 2. The topological polar surface area (TPSA) is 9.23 Å².